The van der Waals surface area contributed by atoms with Crippen molar-refractivity contribution in [3.63, 3.8) is 0 Å². The van der Waals surface area contributed by atoms with Gasteiger partial charge in [0, 0.05) is 6.54 Å². The molecule has 84 valence electrons. The second-order valence-corrected chi connectivity index (χ2v) is 3.68. The monoisotopic (exact) mass is 237 g/mol. The molecular formula is C11H12ClN3O. The van der Waals surface area contributed by atoms with Gasteiger partial charge in [0.05, 0.1) is 18.8 Å². The second kappa shape index (κ2) is 4.99. The molecule has 1 aliphatic heterocycles. The average Bonchev–Trinajstić information content (AvgIpc) is 2.69. The van der Waals surface area contributed by atoms with Gasteiger partial charge in [0.2, 0.25) is 0 Å². The van der Waals surface area contributed by atoms with Crippen LogP contribution in [0.5, 0.6) is 0 Å². The van der Waals surface area contributed by atoms with Gasteiger partial charge in [-0.05, 0) is 5.56 Å². The summed E-state index contributed by atoms with van der Waals surface area (Å²) in [5.41, 5.74) is 0.972. The van der Waals surface area contributed by atoms with Crippen molar-refractivity contribution in [1.82, 2.24) is 9.91 Å². The Morgan fingerprint density at radius 3 is 2.69 bits per heavy atom. The minimum Gasteiger partial charge on any atom is -0.308 e. The predicted molar refractivity (Wildman–Crippen MR) is 63.6 cm³/mol. The maximum Gasteiger partial charge on any atom is 0.341 e. The highest BCUT2D eigenvalue weighted by atomic mass is 35.5. The van der Waals surface area contributed by atoms with Gasteiger partial charge in [-0.2, -0.15) is 5.10 Å². The number of carbonyl (C=O) groups is 1. The number of amides is 2. The zero-order chi connectivity index (χ0) is 11.4. The minimum absolute atomic E-state index is 0.137. The molecule has 1 saturated heterocycles. The average molecular weight is 238 g/mol. The van der Waals surface area contributed by atoms with E-state index in [1.54, 1.807) is 11.1 Å². The lowest BCUT2D eigenvalue weighted by Crippen LogP contribution is -2.27. The maximum atomic E-state index is 11.6. The number of urea groups is 1. The Labute approximate surface area is 99.1 Å². The number of rotatable bonds is 3. The molecule has 0 N–H and O–H groups in total. The van der Waals surface area contributed by atoms with Crippen molar-refractivity contribution >= 4 is 23.8 Å². The summed E-state index contributed by atoms with van der Waals surface area (Å²) < 4.78 is 0. The summed E-state index contributed by atoms with van der Waals surface area (Å²) in [7, 11) is 0. The number of benzene rings is 1. The third-order valence-corrected chi connectivity index (χ3v) is 2.65. The van der Waals surface area contributed by atoms with Gasteiger partial charge in [-0.1, -0.05) is 30.3 Å². The van der Waals surface area contributed by atoms with Crippen LogP contribution in [0, 0.1) is 0 Å². The number of halogens is 1. The van der Waals surface area contributed by atoms with Gasteiger partial charge in [0.25, 0.3) is 0 Å². The molecule has 1 aromatic rings. The summed E-state index contributed by atoms with van der Waals surface area (Å²) >= 11 is 5.61. The van der Waals surface area contributed by atoms with Crippen LogP contribution in [-0.2, 0) is 0 Å². The summed E-state index contributed by atoms with van der Waals surface area (Å²) in [6.45, 7) is 1.23. The minimum atomic E-state index is -0.137. The zero-order valence-electron chi connectivity index (χ0n) is 8.71. The summed E-state index contributed by atoms with van der Waals surface area (Å²) in [5.74, 6) is 0. The van der Waals surface area contributed by atoms with E-state index in [-0.39, 0.29) is 12.0 Å². The first-order valence-electron chi connectivity index (χ1n) is 5.02. The van der Waals surface area contributed by atoms with E-state index in [9.17, 15) is 4.79 Å². The van der Waals surface area contributed by atoms with Crippen LogP contribution in [0.1, 0.15) is 5.56 Å². The fraction of sp³-hybridized carbons (Fsp3) is 0.273. The molecule has 0 spiro atoms. The van der Waals surface area contributed by atoms with Gasteiger partial charge in [-0.15, -0.1) is 11.6 Å². The predicted octanol–water partition coefficient (Wildman–Crippen LogP) is 1.95. The number of hydrazone groups is 1. The van der Waals surface area contributed by atoms with E-state index in [1.807, 2.05) is 30.3 Å². The van der Waals surface area contributed by atoms with Crippen molar-refractivity contribution in [3.8, 4) is 0 Å². The fourth-order valence-electron chi connectivity index (χ4n) is 1.46. The Hall–Kier alpha value is -1.55. The van der Waals surface area contributed by atoms with Gasteiger partial charge in [-0.3, -0.25) is 0 Å². The van der Waals surface area contributed by atoms with Crippen LogP contribution >= 0.6 is 11.6 Å². The first-order chi connectivity index (χ1) is 7.81. The zero-order valence-corrected chi connectivity index (χ0v) is 9.47. The van der Waals surface area contributed by atoms with Crippen LogP contribution in [-0.4, -0.2) is 41.2 Å². The van der Waals surface area contributed by atoms with E-state index in [0.29, 0.717) is 13.1 Å². The molecule has 4 nitrogen and oxygen atoms in total. The van der Waals surface area contributed by atoms with Crippen molar-refractivity contribution < 1.29 is 4.79 Å². The fourth-order valence-corrected chi connectivity index (χ4v) is 1.69. The van der Waals surface area contributed by atoms with E-state index in [4.69, 9.17) is 11.6 Å². The number of alkyl halides is 1. The molecule has 0 aliphatic carbocycles. The lowest BCUT2D eigenvalue weighted by molar-refractivity contribution is 0.198. The summed E-state index contributed by atoms with van der Waals surface area (Å²) in [4.78, 5) is 13.2. The summed E-state index contributed by atoms with van der Waals surface area (Å²) in [6.07, 6.45) is 1.68. The van der Waals surface area contributed by atoms with Crippen LogP contribution in [0.25, 0.3) is 0 Å². The number of nitrogens with zero attached hydrogens (tertiary/aromatic N) is 3. The third kappa shape index (κ3) is 2.33. The summed E-state index contributed by atoms with van der Waals surface area (Å²) in [6, 6.07) is 9.75. The second-order valence-electron chi connectivity index (χ2n) is 3.44. The molecule has 5 heteroatoms. The van der Waals surface area contributed by atoms with Crippen LogP contribution in [0.15, 0.2) is 35.4 Å². The SMILES string of the molecule is O=C1N(CCl)CCN1N=Cc1ccccc1. The molecule has 0 unspecified atom stereocenters. The molecule has 0 radical (unpaired) electrons. The molecule has 1 fully saturated rings. The highest BCUT2D eigenvalue weighted by molar-refractivity contribution is 6.18. The number of hydrogen-bond acceptors (Lipinski definition) is 2. The molecule has 0 aromatic heterocycles. The Balaban J connectivity index is 2.01. The maximum absolute atomic E-state index is 11.6. The number of carbonyl (C=O) groups excluding carboxylic acids is 1. The van der Waals surface area contributed by atoms with E-state index < -0.39 is 0 Å². The molecule has 0 bridgehead atoms. The van der Waals surface area contributed by atoms with Gasteiger partial charge < -0.3 is 4.90 Å². The first kappa shape index (κ1) is 11.0. The van der Waals surface area contributed by atoms with Gasteiger partial charge in [-0.25, -0.2) is 9.80 Å². The quantitative estimate of drug-likeness (QED) is 0.450. The molecule has 0 saturated carbocycles. The molecule has 2 rings (SSSR count). The smallest absolute Gasteiger partial charge is 0.308 e. The van der Waals surface area contributed by atoms with Crippen LogP contribution < -0.4 is 0 Å². The largest absolute Gasteiger partial charge is 0.341 e. The van der Waals surface area contributed by atoms with Crippen molar-refractivity contribution in [2.75, 3.05) is 19.1 Å². The highest BCUT2D eigenvalue weighted by Crippen LogP contribution is 2.09. The van der Waals surface area contributed by atoms with E-state index in [1.165, 1.54) is 5.01 Å². The van der Waals surface area contributed by atoms with Crippen molar-refractivity contribution in [3.05, 3.63) is 35.9 Å². The molecule has 1 heterocycles. The third-order valence-electron chi connectivity index (χ3n) is 2.36. The first-order valence-corrected chi connectivity index (χ1v) is 5.56. The van der Waals surface area contributed by atoms with Gasteiger partial charge in [0.15, 0.2) is 0 Å². The topological polar surface area (TPSA) is 35.9 Å². The van der Waals surface area contributed by atoms with Crippen LogP contribution in [0.2, 0.25) is 0 Å². The lowest BCUT2D eigenvalue weighted by atomic mass is 10.2. The highest BCUT2D eigenvalue weighted by Gasteiger charge is 2.26. The van der Waals surface area contributed by atoms with Crippen LogP contribution in [0.4, 0.5) is 4.79 Å². The van der Waals surface area contributed by atoms with Crippen molar-refractivity contribution in [2.45, 2.75) is 0 Å². The van der Waals surface area contributed by atoms with Gasteiger partial charge in [0.1, 0.15) is 0 Å². The van der Waals surface area contributed by atoms with E-state index in [0.717, 1.165) is 5.56 Å². The standard InChI is InChI=1S/C11H12ClN3O/c12-9-14-6-7-15(11(14)16)13-8-10-4-2-1-3-5-10/h1-5,8H,6-7,9H2. The molecule has 2 amide bonds. The van der Waals surface area contributed by atoms with Crippen LogP contribution in [0.3, 0.4) is 0 Å². The van der Waals surface area contributed by atoms with Crippen molar-refractivity contribution in [1.29, 1.82) is 0 Å². The Morgan fingerprint density at radius 2 is 2.06 bits per heavy atom. The molecule has 16 heavy (non-hydrogen) atoms. The molecular weight excluding hydrogens is 226 g/mol. The Bertz CT molecular complexity index is 393. The Kier molecular flexibility index (Phi) is 3.41. The van der Waals surface area contributed by atoms with Gasteiger partial charge >= 0.3 is 6.03 Å². The summed E-state index contributed by atoms with van der Waals surface area (Å²) in [5, 5.41) is 5.56. The number of hydrogen-bond donors (Lipinski definition) is 0. The lowest BCUT2D eigenvalue weighted by Gasteiger charge is -2.11. The van der Waals surface area contributed by atoms with Crippen molar-refractivity contribution in [2.24, 2.45) is 5.10 Å². The van der Waals surface area contributed by atoms with E-state index in [2.05, 4.69) is 5.10 Å². The molecule has 0 atom stereocenters. The molecule has 1 aliphatic rings. The normalized spacial score (nSPS) is 16.4. The van der Waals surface area contributed by atoms with E-state index >= 15 is 0 Å². The molecule has 1 aromatic carbocycles. The Morgan fingerprint density at radius 1 is 1.31 bits per heavy atom.